The summed E-state index contributed by atoms with van der Waals surface area (Å²) in [4.78, 5) is 10.1. The van der Waals surface area contributed by atoms with Crippen molar-refractivity contribution in [2.75, 3.05) is 16.5 Å². The van der Waals surface area contributed by atoms with Crippen molar-refractivity contribution in [3.05, 3.63) is 188 Å². The van der Waals surface area contributed by atoms with Crippen molar-refractivity contribution in [3.8, 4) is 39.2 Å². The molecule has 0 N–H and O–H groups in total. The molecule has 0 bridgehead atoms. The molecule has 7 aromatic carbocycles. The predicted octanol–water partition coefficient (Wildman–Crippen LogP) is 12.3. The van der Waals surface area contributed by atoms with Gasteiger partial charge < -0.3 is 9.80 Å². The highest BCUT2D eigenvalue weighted by Gasteiger charge is 2.31. The van der Waals surface area contributed by atoms with Crippen LogP contribution in [-0.2, 0) is 0 Å². The molecule has 4 nitrogen and oxygen atoms in total. The molecule has 0 saturated heterocycles. The lowest BCUT2D eigenvalue weighted by atomic mass is 9.88. The third-order valence-corrected chi connectivity index (χ3v) is 15.7. The molecule has 1 aliphatic heterocycles. The quantitative estimate of drug-likeness (QED) is 0.144. The number of hydrogen-bond donors (Lipinski definition) is 0. The Morgan fingerprint density at radius 1 is 0.517 bits per heavy atom. The SMILES string of the molecule is CC(C)N1CN(c2cccc([Si](C)(C)c3ccc4c5ccccc5n(-c5cc(-c6c(-c7ccccc7)cccc6-c6ccccc6)ccn5)c4c3)c2)c2ccccc21. The van der Waals surface area contributed by atoms with Crippen LogP contribution in [0.4, 0.5) is 17.1 Å². The van der Waals surface area contributed by atoms with E-state index in [1.165, 1.54) is 71.5 Å². The molecule has 5 heteroatoms. The van der Waals surface area contributed by atoms with E-state index >= 15 is 0 Å². The van der Waals surface area contributed by atoms with Crippen molar-refractivity contribution in [1.29, 1.82) is 0 Å². The number of rotatable bonds is 8. The Morgan fingerprint density at radius 3 is 1.86 bits per heavy atom. The van der Waals surface area contributed by atoms with Crippen LogP contribution < -0.4 is 20.2 Å². The first-order valence-corrected chi connectivity index (χ1v) is 23.3. The Kier molecular flexibility index (Phi) is 8.84. The molecule has 0 amide bonds. The van der Waals surface area contributed by atoms with E-state index in [-0.39, 0.29) is 0 Å². The lowest BCUT2D eigenvalue weighted by Crippen LogP contribution is -2.53. The van der Waals surface area contributed by atoms with Crippen LogP contribution in [0.25, 0.3) is 61.0 Å². The summed E-state index contributed by atoms with van der Waals surface area (Å²) in [6, 6.07) is 67.1. The Balaban J connectivity index is 1.11. The van der Waals surface area contributed by atoms with Crippen molar-refractivity contribution in [3.63, 3.8) is 0 Å². The van der Waals surface area contributed by atoms with E-state index in [0.717, 1.165) is 23.6 Å². The van der Waals surface area contributed by atoms with Crippen LogP contribution in [0.15, 0.2) is 188 Å². The van der Waals surface area contributed by atoms with Gasteiger partial charge in [-0.05, 0) is 95.8 Å². The highest BCUT2D eigenvalue weighted by Crippen LogP contribution is 2.43. The minimum Gasteiger partial charge on any atom is -0.349 e. The Morgan fingerprint density at radius 2 is 1.14 bits per heavy atom. The molecule has 3 heterocycles. The first kappa shape index (κ1) is 35.7. The third kappa shape index (κ3) is 6.02. The maximum atomic E-state index is 5.12. The zero-order valence-corrected chi connectivity index (χ0v) is 34.5. The van der Waals surface area contributed by atoms with Gasteiger partial charge in [0.15, 0.2) is 0 Å². The Bertz CT molecular complexity index is 2890. The first-order chi connectivity index (χ1) is 28.4. The summed E-state index contributed by atoms with van der Waals surface area (Å²) in [6.45, 7) is 10.4. The highest BCUT2D eigenvalue weighted by atomic mass is 28.3. The molecule has 1 aliphatic rings. The van der Waals surface area contributed by atoms with Gasteiger partial charge in [-0.3, -0.25) is 4.57 Å². The average molecular weight is 767 g/mol. The average Bonchev–Trinajstić information content (AvgIpc) is 3.83. The number of anilines is 3. The molecule has 9 aromatic rings. The molecule has 0 atom stereocenters. The van der Waals surface area contributed by atoms with Crippen LogP contribution in [0.3, 0.4) is 0 Å². The van der Waals surface area contributed by atoms with Crippen molar-refractivity contribution in [1.82, 2.24) is 9.55 Å². The lowest BCUT2D eigenvalue weighted by Gasteiger charge is -2.28. The van der Waals surface area contributed by atoms with E-state index in [4.69, 9.17) is 4.98 Å². The molecule has 0 radical (unpaired) electrons. The van der Waals surface area contributed by atoms with Gasteiger partial charge in [-0.25, -0.2) is 4.98 Å². The maximum absolute atomic E-state index is 5.12. The van der Waals surface area contributed by atoms with Gasteiger partial charge in [0.1, 0.15) is 13.9 Å². The minimum atomic E-state index is -2.19. The smallest absolute Gasteiger partial charge is 0.138 e. The van der Waals surface area contributed by atoms with Crippen LogP contribution >= 0.6 is 0 Å². The van der Waals surface area contributed by atoms with Gasteiger partial charge >= 0.3 is 0 Å². The molecule has 58 heavy (non-hydrogen) atoms. The molecule has 0 spiro atoms. The Labute approximate surface area is 342 Å². The number of aromatic nitrogens is 2. The van der Waals surface area contributed by atoms with Gasteiger partial charge in [0.2, 0.25) is 0 Å². The first-order valence-electron chi connectivity index (χ1n) is 20.3. The van der Waals surface area contributed by atoms with Crippen molar-refractivity contribution in [2.24, 2.45) is 0 Å². The fraction of sp³-hybridized carbons (Fsp3) is 0.113. The molecular weight excluding hydrogens is 721 g/mol. The predicted molar refractivity (Wildman–Crippen MR) is 249 cm³/mol. The topological polar surface area (TPSA) is 24.3 Å². The summed E-state index contributed by atoms with van der Waals surface area (Å²) in [6.07, 6.45) is 1.98. The molecule has 282 valence electrons. The zero-order chi connectivity index (χ0) is 39.4. The summed E-state index contributed by atoms with van der Waals surface area (Å²) in [5.74, 6) is 0.909. The number of hydrogen-bond acceptors (Lipinski definition) is 3. The van der Waals surface area contributed by atoms with Gasteiger partial charge in [0.05, 0.1) is 29.1 Å². The molecule has 0 aliphatic carbocycles. The maximum Gasteiger partial charge on any atom is 0.138 e. The minimum absolute atomic E-state index is 0.415. The number of nitrogens with zero attached hydrogens (tertiary/aromatic N) is 4. The van der Waals surface area contributed by atoms with Crippen molar-refractivity contribution < 1.29 is 0 Å². The summed E-state index contributed by atoms with van der Waals surface area (Å²) in [7, 11) is -2.19. The fourth-order valence-electron chi connectivity index (χ4n) is 9.01. The summed E-state index contributed by atoms with van der Waals surface area (Å²) in [5, 5.41) is 5.28. The van der Waals surface area contributed by atoms with E-state index in [1.54, 1.807) is 0 Å². The second-order valence-corrected chi connectivity index (χ2v) is 20.6. The Hall–Kier alpha value is -6.69. The normalized spacial score (nSPS) is 12.8. The number of pyridine rings is 1. The molecule has 0 saturated carbocycles. The van der Waals surface area contributed by atoms with E-state index in [2.05, 4.69) is 223 Å². The second-order valence-electron chi connectivity index (χ2n) is 16.2. The van der Waals surface area contributed by atoms with Crippen molar-refractivity contribution >= 4 is 57.3 Å². The number of para-hydroxylation sites is 3. The van der Waals surface area contributed by atoms with Gasteiger partial charge in [0, 0.05) is 28.7 Å². The van der Waals surface area contributed by atoms with Gasteiger partial charge in [0.25, 0.3) is 0 Å². The van der Waals surface area contributed by atoms with Crippen molar-refractivity contribution in [2.45, 2.75) is 33.0 Å². The van der Waals surface area contributed by atoms with Crippen LogP contribution in [0, 0.1) is 0 Å². The summed E-state index contributed by atoms with van der Waals surface area (Å²) < 4.78 is 2.38. The fourth-order valence-corrected chi connectivity index (χ4v) is 11.4. The van der Waals surface area contributed by atoms with Crippen LogP contribution in [0.5, 0.6) is 0 Å². The second kappa shape index (κ2) is 14.4. The lowest BCUT2D eigenvalue weighted by molar-refractivity contribution is 0.709. The number of fused-ring (bicyclic) bond motifs is 4. The number of benzene rings is 7. The molecular formula is C53H46N4Si. The van der Waals surface area contributed by atoms with E-state index in [9.17, 15) is 0 Å². The van der Waals surface area contributed by atoms with E-state index in [0.29, 0.717) is 6.04 Å². The van der Waals surface area contributed by atoms with Gasteiger partial charge in [-0.1, -0.05) is 157 Å². The summed E-state index contributed by atoms with van der Waals surface area (Å²) in [5.41, 5.74) is 13.3. The van der Waals surface area contributed by atoms with Crippen LogP contribution in [0.1, 0.15) is 13.8 Å². The molecule has 10 rings (SSSR count). The van der Waals surface area contributed by atoms with Gasteiger partial charge in [-0.15, -0.1) is 0 Å². The van der Waals surface area contributed by atoms with Gasteiger partial charge in [-0.2, -0.15) is 0 Å². The monoisotopic (exact) mass is 766 g/mol. The largest absolute Gasteiger partial charge is 0.349 e. The zero-order valence-electron chi connectivity index (χ0n) is 33.5. The van der Waals surface area contributed by atoms with E-state index in [1.807, 2.05) is 6.20 Å². The van der Waals surface area contributed by atoms with E-state index < -0.39 is 8.07 Å². The molecule has 0 unspecified atom stereocenters. The third-order valence-electron chi connectivity index (χ3n) is 12.2. The highest BCUT2D eigenvalue weighted by molar-refractivity contribution is 7.00. The summed E-state index contributed by atoms with van der Waals surface area (Å²) >= 11 is 0. The molecule has 2 aromatic heterocycles. The molecule has 0 fully saturated rings. The van der Waals surface area contributed by atoms with Crippen LogP contribution in [0.2, 0.25) is 13.1 Å². The van der Waals surface area contributed by atoms with Crippen LogP contribution in [-0.4, -0.2) is 30.3 Å². The standard InChI is InChI=1S/C53H46N4Si/c1-37(2)55-36-56(50-28-14-13-27-49(50)55)41-21-15-22-42(34-41)58(3,4)43-29-30-47-46-23-11-12-26-48(46)57(51(47)35-43)52-33-40(31-32-54-52)53-44(38-17-7-5-8-18-38)24-16-25-45(53)39-19-9-6-10-20-39/h5-35,37H,36H2,1-4H3.